The highest BCUT2D eigenvalue weighted by Gasteiger charge is 2.34. The molecule has 6 nitrogen and oxygen atoms in total. The van der Waals surface area contributed by atoms with E-state index in [0.29, 0.717) is 12.1 Å². The molecule has 2 aromatic carbocycles. The van der Waals surface area contributed by atoms with Gasteiger partial charge in [-0.2, -0.15) is 5.26 Å². The maximum Gasteiger partial charge on any atom is 0.270 e. The molecule has 3 rings (SSSR count). The number of fused-ring (bicyclic) bond motifs is 1. The van der Waals surface area contributed by atoms with Crippen LogP contribution < -0.4 is 5.32 Å². The predicted octanol–water partition coefficient (Wildman–Crippen LogP) is 3.10. The molecule has 1 aliphatic rings. The molecule has 122 valence electrons. The van der Waals surface area contributed by atoms with Crippen molar-refractivity contribution in [2.75, 3.05) is 11.9 Å². The van der Waals surface area contributed by atoms with Crippen LogP contribution in [0.1, 0.15) is 29.5 Å². The first-order chi connectivity index (χ1) is 11.5. The molecule has 0 bridgehead atoms. The summed E-state index contributed by atoms with van der Waals surface area (Å²) in [6.07, 6.45) is 2.46. The summed E-state index contributed by atoms with van der Waals surface area (Å²) in [5.41, 5.74) is 1.58. The second kappa shape index (κ2) is 6.30. The van der Waals surface area contributed by atoms with Crippen molar-refractivity contribution in [2.45, 2.75) is 24.9 Å². The maximum absolute atomic E-state index is 11.0. The third kappa shape index (κ3) is 2.94. The van der Waals surface area contributed by atoms with Gasteiger partial charge in [0.1, 0.15) is 11.7 Å². The van der Waals surface area contributed by atoms with E-state index < -0.39 is 10.5 Å². The Morgan fingerprint density at radius 2 is 2.12 bits per heavy atom. The molecule has 2 aromatic rings. The van der Waals surface area contributed by atoms with Crippen molar-refractivity contribution in [1.82, 2.24) is 0 Å². The van der Waals surface area contributed by atoms with Gasteiger partial charge in [0.25, 0.3) is 5.69 Å². The molecule has 0 fully saturated rings. The van der Waals surface area contributed by atoms with Crippen LogP contribution in [0.3, 0.4) is 0 Å². The van der Waals surface area contributed by atoms with Crippen LogP contribution in [0.25, 0.3) is 0 Å². The first-order valence-electron chi connectivity index (χ1n) is 7.77. The number of nitriles is 1. The normalized spacial score (nSPS) is 19.2. The van der Waals surface area contributed by atoms with Gasteiger partial charge < -0.3 is 10.4 Å². The Hall–Kier alpha value is -2.91. The first-order valence-corrected chi connectivity index (χ1v) is 7.77. The Labute approximate surface area is 139 Å². The van der Waals surface area contributed by atoms with E-state index in [-0.39, 0.29) is 17.8 Å². The minimum atomic E-state index is -1.01. The van der Waals surface area contributed by atoms with E-state index in [1.807, 2.05) is 30.3 Å². The molecule has 0 aliphatic heterocycles. The fourth-order valence-electron chi connectivity index (χ4n) is 3.22. The number of benzene rings is 2. The number of aryl methyl sites for hydroxylation is 1. The molecule has 1 aliphatic carbocycles. The van der Waals surface area contributed by atoms with Crippen LogP contribution in [-0.2, 0) is 12.0 Å². The van der Waals surface area contributed by atoms with Crippen LogP contribution in [0.4, 0.5) is 11.4 Å². The topological polar surface area (TPSA) is 99.2 Å². The van der Waals surface area contributed by atoms with E-state index in [1.165, 1.54) is 18.2 Å². The van der Waals surface area contributed by atoms with Crippen LogP contribution in [0.5, 0.6) is 0 Å². The summed E-state index contributed by atoms with van der Waals surface area (Å²) in [5, 5.41) is 34.1. The van der Waals surface area contributed by atoms with Crippen molar-refractivity contribution in [1.29, 1.82) is 5.26 Å². The summed E-state index contributed by atoms with van der Waals surface area (Å²) >= 11 is 0. The molecular formula is C18H17N3O3. The molecule has 0 spiro atoms. The van der Waals surface area contributed by atoms with Crippen molar-refractivity contribution in [3.05, 3.63) is 69.3 Å². The zero-order valence-corrected chi connectivity index (χ0v) is 13.0. The lowest BCUT2D eigenvalue weighted by atomic mass is 9.79. The minimum absolute atomic E-state index is 0.126. The molecule has 0 saturated heterocycles. The summed E-state index contributed by atoms with van der Waals surface area (Å²) in [7, 11) is 0. The average molecular weight is 323 g/mol. The Kier molecular flexibility index (Phi) is 4.19. The van der Waals surface area contributed by atoms with Crippen molar-refractivity contribution >= 4 is 11.4 Å². The first kappa shape index (κ1) is 16.0. The molecule has 0 heterocycles. The SMILES string of the molecule is N#Cc1cc([N+](=O)[O-])ccc1NCC1(O)CCCc2ccccc21. The minimum Gasteiger partial charge on any atom is -0.383 e. The quantitative estimate of drug-likeness (QED) is 0.665. The predicted molar refractivity (Wildman–Crippen MR) is 89.6 cm³/mol. The lowest BCUT2D eigenvalue weighted by Gasteiger charge is -2.35. The molecule has 1 unspecified atom stereocenters. The number of aliphatic hydroxyl groups is 1. The van der Waals surface area contributed by atoms with Crippen molar-refractivity contribution in [3.8, 4) is 6.07 Å². The third-order valence-electron chi connectivity index (χ3n) is 4.46. The molecule has 2 N–H and O–H groups in total. The average Bonchev–Trinajstić information content (AvgIpc) is 2.60. The van der Waals surface area contributed by atoms with Gasteiger partial charge in [0.2, 0.25) is 0 Å². The van der Waals surface area contributed by atoms with Crippen LogP contribution in [-0.4, -0.2) is 16.6 Å². The van der Waals surface area contributed by atoms with E-state index in [2.05, 4.69) is 5.32 Å². The Morgan fingerprint density at radius 1 is 1.33 bits per heavy atom. The highest BCUT2D eigenvalue weighted by atomic mass is 16.6. The van der Waals surface area contributed by atoms with Gasteiger partial charge in [-0.05, 0) is 36.5 Å². The van der Waals surface area contributed by atoms with Gasteiger partial charge in [-0.3, -0.25) is 10.1 Å². The molecule has 0 radical (unpaired) electrons. The van der Waals surface area contributed by atoms with Gasteiger partial charge in [-0.15, -0.1) is 0 Å². The number of hydrogen-bond donors (Lipinski definition) is 2. The Morgan fingerprint density at radius 3 is 2.88 bits per heavy atom. The summed E-state index contributed by atoms with van der Waals surface area (Å²) in [4.78, 5) is 10.3. The lowest BCUT2D eigenvalue weighted by Crippen LogP contribution is -2.37. The van der Waals surface area contributed by atoms with Crippen LogP contribution in [0.15, 0.2) is 42.5 Å². The van der Waals surface area contributed by atoms with E-state index in [4.69, 9.17) is 0 Å². The molecule has 24 heavy (non-hydrogen) atoms. The second-order valence-corrected chi connectivity index (χ2v) is 5.99. The largest absolute Gasteiger partial charge is 0.383 e. The highest BCUT2D eigenvalue weighted by Crippen LogP contribution is 2.35. The molecule has 1 atom stereocenters. The van der Waals surface area contributed by atoms with Gasteiger partial charge in [-0.1, -0.05) is 24.3 Å². The molecule has 0 saturated carbocycles. The van der Waals surface area contributed by atoms with Crippen molar-refractivity contribution < 1.29 is 10.0 Å². The van der Waals surface area contributed by atoms with Crippen LogP contribution in [0.2, 0.25) is 0 Å². The summed E-state index contributed by atoms with van der Waals surface area (Å²) in [6.45, 7) is 0.247. The zero-order chi connectivity index (χ0) is 17.2. The Bertz CT molecular complexity index is 828. The smallest absolute Gasteiger partial charge is 0.270 e. The number of nitrogens with one attached hydrogen (secondary N) is 1. The maximum atomic E-state index is 11.0. The zero-order valence-electron chi connectivity index (χ0n) is 13.0. The van der Waals surface area contributed by atoms with Crippen molar-refractivity contribution in [2.24, 2.45) is 0 Å². The number of nitro groups is 1. The number of nitro benzene ring substituents is 1. The van der Waals surface area contributed by atoms with Gasteiger partial charge in [0.05, 0.1) is 16.2 Å². The monoisotopic (exact) mass is 323 g/mol. The summed E-state index contributed by atoms with van der Waals surface area (Å²) in [6, 6.07) is 13.9. The molecular weight excluding hydrogens is 306 g/mol. The van der Waals surface area contributed by atoms with E-state index in [1.54, 1.807) is 0 Å². The number of nitrogens with zero attached hydrogens (tertiary/aromatic N) is 2. The van der Waals surface area contributed by atoms with Gasteiger partial charge in [-0.25, -0.2) is 0 Å². The fourth-order valence-corrected chi connectivity index (χ4v) is 3.22. The van der Waals surface area contributed by atoms with Crippen LogP contribution >= 0.6 is 0 Å². The Balaban J connectivity index is 1.84. The van der Waals surface area contributed by atoms with Crippen LogP contribution in [0, 0.1) is 21.4 Å². The van der Waals surface area contributed by atoms with E-state index in [9.17, 15) is 20.5 Å². The standard InChI is InChI=1S/C18H17N3O3/c19-11-14-10-15(21(23)24)7-8-17(14)20-12-18(22)9-3-5-13-4-1-2-6-16(13)18/h1-2,4,6-8,10,20,22H,3,5,9,12H2. The highest BCUT2D eigenvalue weighted by molar-refractivity contribution is 5.61. The third-order valence-corrected chi connectivity index (χ3v) is 4.46. The number of anilines is 1. The number of non-ortho nitro benzene ring substituents is 1. The lowest BCUT2D eigenvalue weighted by molar-refractivity contribution is -0.384. The summed E-state index contributed by atoms with van der Waals surface area (Å²) in [5.74, 6) is 0. The van der Waals surface area contributed by atoms with Gasteiger partial charge >= 0.3 is 0 Å². The summed E-state index contributed by atoms with van der Waals surface area (Å²) < 4.78 is 0. The van der Waals surface area contributed by atoms with Gasteiger partial charge in [0.15, 0.2) is 0 Å². The fraction of sp³-hybridized carbons (Fsp3) is 0.278. The van der Waals surface area contributed by atoms with Crippen molar-refractivity contribution in [3.63, 3.8) is 0 Å². The second-order valence-electron chi connectivity index (χ2n) is 5.99. The van der Waals surface area contributed by atoms with E-state index >= 15 is 0 Å². The number of hydrogen-bond acceptors (Lipinski definition) is 5. The molecule has 0 amide bonds. The molecule has 6 heteroatoms. The van der Waals surface area contributed by atoms with Gasteiger partial charge in [0, 0.05) is 18.7 Å². The molecule has 0 aromatic heterocycles. The number of rotatable bonds is 4. The van der Waals surface area contributed by atoms with E-state index in [0.717, 1.165) is 24.0 Å².